The first-order valence-corrected chi connectivity index (χ1v) is 6.30. The van der Waals surface area contributed by atoms with Crippen LogP contribution in [0.3, 0.4) is 0 Å². The van der Waals surface area contributed by atoms with Gasteiger partial charge in [0.05, 0.1) is 0 Å². The maximum Gasteiger partial charge on any atom is 0.260 e. The molecule has 0 aromatic heterocycles. The molecule has 1 aromatic rings. The third-order valence-electron chi connectivity index (χ3n) is 2.84. The second-order valence-electron chi connectivity index (χ2n) is 4.20. The molecule has 1 rings (SSSR count). The fourth-order valence-electron chi connectivity index (χ4n) is 1.66. The van der Waals surface area contributed by atoms with E-state index in [1.807, 2.05) is 38.2 Å². The maximum atomic E-state index is 11.6. The predicted molar refractivity (Wildman–Crippen MR) is 72.7 cm³/mol. The van der Waals surface area contributed by atoms with Gasteiger partial charge in [-0.15, -0.1) is 0 Å². The predicted octanol–water partition coefficient (Wildman–Crippen LogP) is 1.87. The molecule has 0 saturated heterocycles. The molecule has 1 aromatic carbocycles. The minimum Gasteiger partial charge on any atom is -0.481 e. The topological polar surface area (TPSA) is 50.4 Å². The van der Waals surface area contributed by atoms with Gasteiger partial charge in [-0.1, -0.05) is 18.2 Å². The summed E-state index contributed by atoms with van der Waals surface area (Å²) in [6.07, 6.45) is -0.491. The van der Waals surface area contributed by atoms with Crippen LogP contribution in [0.15, 0.2) is 24.3 Å². The van der Waals surface area contributed by atoms with Gasteiger partial charge in [0.25, 0.3) is 5.91 Å². The Morgan fingerprint density at radius 3 is 2.61 bits per heavy atom. The number of amides is 1. The summed E-state index contributed by atoms with van der Waals surface area (Å²) in [5, 5.41) is 5.92. The Hall–Kier alpha value is -1.55. The van der Waals surface area contributed by atoms with E-state index in [0.717, 1.165) is 11.3 Å². The van der Waals surface area contributed by atoms with Gasteiger partial charge in [-0.2, -0.15) is 0 Å². The minimum absolute atomic E-state index is 0.0931. The van der Waals surface area contributed by atoms with Gasteiger partial charge < -0.3 is 15.4 Å². The highest BCUT2D eigenvalue weighted by Gasteiger charge is 2.16. The van der Waals surface area contributed by atoms with Gasteiger partial charge in [-0.05, 0) is 33.9 Å². The summed E-state index contributed by atoms with van der Waals surface area (Å²) in [5.41, 5.74) is 1.05. The summed E-state index contributed by atoms with van der Waals surface area (Å²) in [6, 6.07) is 7.95. The van der Waals surface area contributed by atoms with Crippen molar-refractivity contribution in [2.24, 2.45) is 0 Å². The SMILES string of the molecule is CCNC(=O)C(C)Oc1ccccc1C(C)NC. The van der Waals surface area contributed by atoms with Gasteiger partial charge >= 0.3 is 0 Å². The van der Waals surface area contributed by atoms with Crippen LogP contribution in [0.4, 0.5) is 0 Å². The van der Waals surface area contributed by atoms with E-state index in [9.17, 15) is 4.79 Å². The van der Waals surface area contributed by atoms with Gasteiger partial charge in [0.2, 0.25) is 0 Å². The monoisotopic (exact) mass is 250 g/mol. The molecule has 0 heterocycles. The van der Waals surface area contributed by atoms with Crippen LogP contribution in [0, 0.1) is 0 Å². The van der Waals surface area contributed by atoms with E-state index in [-0.39, 0.29) is 11.9 Å². The van der Waals surface area contributed by atoms with Crippen LogP contribution in [0.5, 0.6) is 5.75 Å². The molecule has 0 aliphatic rings. The summed E-state index contributed by atoms with van der Waals surface area (Å²) in [5.74, 6) is 0.655. The first kappa shape index (κ1) is 14.5. The molecule has 18 heavy (non-hydrogen) atoms. The van der Waals surface area contributed by atoms with E-state index < -0.39 is 6.10 Å². The van der Waals surface area contributed by atoms with Crippen molar-refractivity contribution in [3.63, 3.8) is 0 Å². The standard InChI is InChI=1S/C14H22N2O2/c1-5-16-14(17)11(3)18-13-9-7-6-8-12(13)10(2)15-4/h6-11,15H,5H2,1-4H3,(H,16,17). The average molecular weight is 250 g/mol. The highest BCUT2D eigenvalue weighted by atomic mass is 16.5. The van der Waals surface area contributed by atoms with Gasteiger partial charge in [0, 0.05) is 18.2 Å². The van der Waals surface area contributed by atoms with Crippen LogP contribution in [-0.4, -0.2) is 25.6 Å². The number of carbonyl (C=O) groups is 1. The first-order chi connectivity index (χ1) is 8.60. The lowest BCUT2D eigenvalue weighted by Crippen LogP contribution is -2.36. The van der Waals surface area contributed by atoms with Crippen LogP contribution in [-0.2, 0) is 4.79 Å². The molecular formula is C14H22N2O2. The molecule has 0 fully saturated rings. The Morgan fingerprint density at radius 1 is 1.33 bits per heavy atom. The van der Waals surface area contributed by atoms with Gasteiger partial charge in [-0.3, -0.25) is 4.79 Å². The fraction of sp³-hybridized carbons (Fsp3) is 0.500. The number of ether oxygens (including phenoxy) is 1. The zero-order valence-corrected chi connectivity index (χ0v) is 11.5. The highest BCUT2D eigenvalue weighted by molar-refractivity contribution is 5.80. The Morgan fingerprint density at radius 2 is 2.00 bits per heavy atom. The van der Waals surface area contributed by atoms with Crippen molar-refractivity contribution in [1.29, 1.82) is 0 Å². The molecule has 4 nitrogen and oxygen atoms in total. The summed E-state index contributed by atoms with van der Waals surface area (Å²) < 4.78 is 5.73. The summed E-state index contributed by atoms with van der Waals surface area (Å²) in [7, 11) is 1.90. The number of benzene rings is 1. The zero-order chi connectivity index (χ0) is 13.5. The Kier molecular flexibility index (Phi) is 5.65. The number of hydrogen-bond acceptors (Lipinski definition) is 3. The number of hydrogen-bond donors (Lipinski definition) is 2. The van der Waals surface area contributed by atoms with Crippen molar-refractivity contribution in [3.8, 4) is 5.75 Å². The second kappa shape index (κ2) is 7.01. The molecule has 0 saturated carbocycles. The van der Waals surface area contributed by atoms with Crippen molar-refractivity contribution in [2.45, 2.75) is 32.9 Å². The summed E-state index contributed by atoms with van der Waals surface area (Å²) >= 11 is 0. The van der Waals surface area contributed by atoms with Gasteiger partial charge in [0.1, 0.15) is 5.75 Å². The van der Waals surface area contributed by atoms with Gasteiger partial charge in [-0.25, -0.2) is 0 Å². The molecule has 0 aliphatic carbocycles. The minimum atomic E-state index is -0.491. The molecule has 0 bridgehead atoms. The quantitative estimate of drug-likeness (QED) is 0.810. The van der Waals surface area contributed by atoms with E-state index in [0.29, 0.717) is 6.54 Å². The molecule has 2 unspecified atom stereocenters. The molecule has 4 heteroatoms. The molecule has 2 N–H and O–H groups in total. The van der Waals surface area contributed by atoms with E-state index >= 15 is 0 Å². The molecular weight excluding hydrogens is 228 g/mol. The molecule has 0 aliphatic heterocycles. The van der Waals surface area contributed by atoms with Crippen LogP contribution < -0.4 is 15.4 Å². The lowest BCUT2D eigenvalue weighted by molar-refractivity contribution is -0.127. The number of rotatable bonds is 6. The van der Waals surface area contributed by atoms with Crippen molar-refractivity contribution >= 4 is 5.91 Å². The number of likely N-dealkylation sites (N-methyl/N-ethyl adjacent to an activating group) is 1. The maximum absolute atomic E-state index is 11.6. The third kappa shape index (κ3) is 3.74. The van der Waals surface area contributed by atoms with Crippen LogP contribution in [0.1, 0.15) is 32.4 Å². The van der Waals surface area contributed by atoms with E-state index in [1.54, 1.807) is 6.92 Å². The van der Waals surface area contributed by atoms with Gasteiger partial charge in [0.15, 0.2) is 6.10 Å². The average Bonchev–Trinajstić information content (AvgIpc) is 2.38. The number of para-hydroxylation sites is 1. The van der Waals surface area contributed by atoms with E-state index in [2.05, 4.69) is 17.6 Å². The van der Waals surface area contributed by atoms with Crippen LogP contribution in [0.2, 0.25) is 0 Å². The highest BCUT2D eigenvalue weighted by Crippen LogP contribution is 2.25. The second-order valence-corrected chi connectivity index (χ2v) is 4.20. The van der Waals surface area contributed by atoms with Crippen LogP contribution >= 0.6 is 0 Å². The summed E-state index contributed by atoms with van der Waals surface area (Å²) in [6.45, 7) is 6.31. The Bertz CT molecular complexity index is 393. The normalized spacial score (nSPS) is 13.8. The molecule has 2 atom stereocenters. The van der Waals surface area contributed by atoms with Crippen molar-refractivity contribution in [3.05, 3.63) is 29.8 Å². The molecule has 100 valence electrons. The lowest BCUT2D eigenvalue weighted by atomic mass is 10.1. The number of nitrogens with one attached hydrogen (secondary N) is 2. The van der Waals surface area contributed by atoms with Crippen molar-refractivity contribution in [2.75, 3.05) is 13.6 Å². The van der Waals surface area contributed by atoms with Crippen LogP contribution in [0.25, 0.3) is 0 Å². The van der Waals surface area contributed by atoms with E-state index in [4.69, 9.17) is 4.74 Å². The Balaban J connectivity index is 2.80. The van der Waals surface area contributed by atoms with Crippen molar-refractivity contribution < 1.29 is 9.53 Å². The number of carbonyl (C=O) groups excluding carboxylic acids is 1. The summed E-state index contributed by atoms with van der Waals surface area (Å²) in [4.78, 5) is 11.6. The fourth-order valence-corrected chi connectivity index (χ4v) is 1.66. The first-order valence-electron chi connectivity index (χ1n) is 6.30. The van der Waals surface area contributed by atoms with Crippen molar-refractivity contribution in [1.82, 2.24) is 10.6 Å². The Labute approximate surface area is 109 Å². The third-order valence-corrected chi connectivity index (χ3v) is 2.84. The molecule has 1 amide bonds. The largest absolute Gasteiger partial charge is 0.481 e. The van der Waals surface area contributed by atoms with E-state index in [1.165, 1.54) is 0 Å². The lowest BCUT2D eigenvalue weighted by Gasteiger charge is -2.19. The smallest absolute Gasteiger partial charge is 0.260 e. The zero-order valence-electron chi connectivity index (χ0n) is 11.5. The molecule has 0 spiro atoms. The molecule has 0 radical (unpaired) electrons.